The first-order valence-electron chi connectivity index (χ1n) is 5.25. The highest BCUT2D eigenvalue weighted by atomic mass is 16.2. The molecule has 1 heterocycles. The van der Waals surface area contributed by atoms with E-state index in [0.717, 1.165) is 19.5 Å². The predicted octanol–water partition coefficient (Wildman–Crippen LogP) is -0.210. The van der Waals surface area contributed by atoms with Gasteiger partial charge in [0.15, 0.2) is 0 Å². The summed E-state index contributed by atoms with van der Waals surface area (Å²) >= 11 is 0. The van der Waals surface area contributed by atoms with Crippen LogP contribution >= 0.6 is 0 Å². The molecule has 0 aromatic rings. The van der Waals surface area contributed by atoms with Gasteiger partial charge < -0.3 is 16.0 Å². The lowest BCUT2D eigenvalue weighted by Gasteiger charge is -2.19. The average Bonchev–Trinajstić information content (AvgIpc) is 2.49. The first-order chi connectivity index (χ1) is 6.50. The van der Waals surface area contributed by atoms with Gasteiger partial charge in [0.05, 0.1) is 6.04 Å². The van der Waals surface area contributed by atoms with Gasteiger partial charge in [-0.25, -0.2) is 0 Å². The lowest BCUT2D eigenvalue weighted by atomic mass is 10.0. The number of hydrogen-bond donors (Lipinski definition) is 2. The molecule has 4 nitrogen and oxygen atoms in total. The van der Waals surface area contributed by atoms with Crippen LogP contribution in [0.4, 0.5) is 0 Å². The minimum atomic E-state index is -0.374. The molecule has 0 aromatic carbocycles. The zero-order valence-electron chi connectivity index (χ0n) is 9.29. The van der Waals surface area contributed by atoms with Crippen molar-refractivity contribution < 1.29 is 4.79 Å². The van der Waals surface area contributed by atoms with Crippen molar-refractivity contribution in [2.24, 2.45) is 11.7 Å². The number of likely N-dealkylation sites (N-methyl/N-ethyl adjacent to an activating group) is 1. The van der Waals surface area contributed by atoms with E-state index in [2.05, 4.69) is 17.3 Å². The van der Waals surface area contributed by atoms with Crippen LogP contribution in [0.1, 0.15) is 20.3 Å². The smallest absolute Gasteiger partial charge is 0.237 e. The Labute approximate surface area is 85.8 Å². The number of hydrogen-bond acceptors (Lipinski definition) is 3. The highest BCUT2D eigenvalue weighted by Gasteiger charge is 2.24. The van der Waals surface area contributed by atoms with Crippen molar-refractivity contribution in [1.29, 1.82) is 0 Å². The molecule has 3 N–H and O–H groups in total. The van der Waals surface area contributed by atoms with Gasteiger partial charge in [-0.3, -0.25) is 4.79 Å². The summed E-state index contributed by atoms with van der Waals surface area (Å²) < 4.78 is 0. The van der Waals surface area contributed by atoms with Crippen molar-refractivity contribution >= 4 is 5.91 Å². The highest BCUT2D eigenvalue weighted by Crippen LogP contribution is 2.07. The van der Waals surface area contributed by atoms with Crippen LogP contribution in [0.15, 0.2) is 0 Å². The molecule has 1 rings (SSSR count). The number of carbonyl (C=O) groups is 1. The van der Waals surface area contributed by atoms with Crippen LogP contribution in [0.3, 0.4) is 0 Å². The topological polar surface area (TPSA) is 58.4 Å². The van der Waals surface area contributed by atoms with E-state index in [1.54, 1.807) is 0 Å². The van der Waals surface area contributed by atoms with E-state index in [-0.39, 0.29) is 23.9 Å². The van der Waals surface area contributed by atoms with Crippen LogP contribution in [0.25, 0.3) is 0 Å². The quantitative estimate of drug-likeness (QED) is 0.661. The van der Waals surface area contributed by atoms with Crippen LogP contribution < -0.4 is 11.1 Å². The van der Waals surface area contributed by atoms with Crippen LogP contribution in [0.2, 0.25) is 0 Å². The van der Waals surface area contributed by atoms with Crippen LogP contribution in [0, 0.1) is 5.92 Å². The Morgan fingerprint density at radius 3 is 2.64 bits per heavy atom. The van der Waals surface area contributed by atoms with Gasteiger partial charge in [-0.1, -0.05) is 13.8 Å². The van der Waals surface area contributed by atoms with Gasteiger partial charge in [0.1, 0.15) is 0 Å². The fourth-order valence-corrected chi connectivity index (χ4v) is 1.65. The van der Waals surface area contributed by atoms with E-state index in [1.807, 2.05) is 13.8 Å². The predicted molar refractivity (Wildman–Crippen MR) is 56.9 cm³/mol. The van der Waals surface area contributed by atoms with Crippen molar-refractivity contribution in [1.82, 2.24) is 10.2 Å². The van der Waals surface area contributed by atoms with Gasteiger partial charge in [-0.2, -0.15) is 0 Å². The Kier molecular flexibility index (Phi) is 3.89. The summed E-state index contributed by atoms with van der Waals surface area (Å²) in [6.07, 6.45) is 1.03. The Morgan fingerprint density at radius 2 is 2.21 bits per heavy atom. The summed E-state index contributed by atoms with van der Waals surface area (Å²) in [4.78, 5) is 13.8. The summed E-state index contributed by atoms with van der Waals surface area (Å²) in [5.41, 5.74) is 5.75. The molecule has 1 fully saturated rings. The largest absolute Gasteiger partial charge is 0.351 e. The summed E-state index contributed by atoms with van der Waals surface area (Å²) in [7, 11) is 2.06. The van der Waals surface area contributed by atoms with Gasteiger partial charge in [-0.15, -0.1) is 0 Å². The first-order valence-corrected chi connectivity index (χ1v) is 5.25. The zero-order valence-corrected chi connectivity index (χ0v) is 9.29. The van der Waals surface area contributed by atoms with Crippen LogP contribution in [-0.4, -0.2) is 43.0 Å². The van der Waals surface area contributed by atoms with Crippen LogP contribution in [0.5, 0.6) is 0 Å². The van der Waals surface area contributed by atoms with E-state index in [0.29, 0.717) is 0 Å². The summed E-state index contributed by atoms with van der Waals surface area (Å²) in [6, 6.07) is -0.0850. The van der Waals surface area contributed by atoms with Gasteiger partial charge >= 0.3 is 0 Å². The molecule has 1 saturated heterocycles. The van der Waals surface area contributed by atoms with Crippen molar-refractivity contribution in [2.45, 2.75) is 32.4 Å². The SMILES string of the molecule is CC(C)[C@@H](N)C(=O)N[C@H]1CCN(C)C1. The molecule has 4 heteroatoms. The second kappa shape index (κ2) is 4.75. The first kappa shape index (κ1) is 11.5. The van der Waals surface area contributed by atoms with Gasteiger partial charge in [0.25, 0.3) is 0 Å². The molecule has 2 atom stereocenters. The van der Waals surface area contributed by atoms with Crippen molar-refractivity contribution in [3.8, 4) is 0 Å². The molecule has 1 amide bonds. The number of rotatable bonds is 3. The number of amides is 1. The standard InChI is InChI=1S/C10H21N3O/c1-7(2)9(11)10(14)12-8-4-5-13(3)6-8/h7-9H,4-6,11H2,1-3H3,(H,12,14)/t8-,9+/m0/s1. The van der Waals surface area contributed by atoms with Crippen molar-refractivity contribution in [3.05, 3.63) is 0 Å². The third-order valence-corrected chi connectivity index (χ3v) is 2.76. The van der Waals surface area contributed by atoms with Gasteiger partial charge in [-0.05, 0) is 25.9 Å². The molecule has 0 bridgehead atoms. The Morgan fingerprint density at radius 1 is 1.57 bits per heavy atom. The summed E-state index contributed by atoms with van der Waals surface area (Å²) in [5.74, 6) is 0.189. The maximum Gasteiger partial charge on any atom is 0.237 e. The second-order valence-corrected chi connectivity index (χ2v) is 4.53. The molecular weight excluding hydrogens is 178 g/mol. The zero-order chi connectivity index (χ0) is 10.7. The minimum Gasteiger partial charge on any atom is -0.351 e. The highest BCUT2D eigenvalue weighted by molar-refractivity contribution is 5.82. The van der Waals surface area contributed by atoms with Crippen LogP contribution in [-0.2, 0) is 4.79 Å². The Balaban J connectivity index is 2.33. The fourth-order valence-electron chi connectivity index (χ4n) is 1.65. The van der Waals surface area contributed by atoms with E-state index in [9.17, 15) is 4.79 Å². The molecule has 0 spiro atoms. The number of likely N-dealkylation sites (tertiary alicyclic amines) is 1. The van der Waals surface area contributed by atoms with Crippen molar-refractivity contribution in [3.63, 3.8) is 0 Å². The van der Waals surface area contributed by atoms with E-state index in [4.69, 9.17) is 5.73 Å². The summed E-state index contributed by atoms with van der Waals surface area (Å²) in [5, 5.41) is 2.98. The monoisotopic (exact) mass is 199 g/mol. The lowest BCUT2D eigenvalue weighted by Crippen LogP contribution is -2.48. The Bertz CT molecular complexity index is 206. The van der Waals surface area contributed by atoms with Gasteiger partial charge in [0, 0.05) is 12.6 Å². The molecule has 0 aliphatic carbocycles. The number of carbonyl (C=O) groups excluding carboxylic acids is 1. The molecular formula is C10H21N3O. The average molecular weight is 199 g/mol. The molecule has 0 radical (unpaired) electrons. The third-order valence-electron chi connectivity index (χ3n) is 2.76. The third kappa shape index (κ3) is 2.96. The number of nitrogens with zero attached hydrogens (tertiary/aromatic N) is 1. The Hall–Kier alpha value is -0.610. The van der Waals surface area contributed by atoms with E-state index < -0.39 is 0 Å². The molecule has 82 valence electrons. The maximum atomic E-state index is 11.6. The minimum absolute atomic E-state index is 0.0136. The maximum absolute atomic E-state index is 11.6. The molecule has 0 unspecified atom stereocenters. The van der Waals surface area contributed by atoms with E-state index in [1.165, 1.54) is 0 Å². The molecule has 1 aliphatic heterocycles. The van der Waals surface area contributed by atoms with Crippen molar-refractivity contribution in [2.75, 3.05) is 20.1 Å². The number of nitrogens with one attached hydrogen (secondary N) is 1. The number of nitrogens with two attached hydrogens (primary N) is 1. The normalized spacial score (nSPS) is 25.4. The molecule has 0 saturated carbocycles. The molecule has 0 aromatic heterocycles. The molecule has 14 heavy (non-hydrogen) atoms. The lowest BCUT2D eigenvalue weighted by molar-refractivity contribution is -0.123. The second-order valence-electron chi connectivity index (χ2n) is 4.53. The fraction of sp³-hybridized carbons (Fsp3) is 0.900. The van der Waals surface area contributed by atoms with Gasteiger partial charge in [0.2, 0.25) is 5.91 Å². The summed E-state index contributed by atoms with van der Waals surface area (Å²) in [6.45, 7) is 5.93. The van der Waals surface area contributed by atoms with E-state index >= 15 is 0 Å². The molecule has 1 aliphatic rings.